The molecule has 0 atom stereocenters. The first-order chi connectivity index (χ1) is 11.6. The molecule has 0 saturated carbocycles. The Morgan fingerprint density at radius 3 is 1.60 bits per heavy atom. The molecule has 25 heavy (non-hydrogen) atoms. The maximum Gasteiger partial charge on any atom is 0.194 e. The number of nitrogens with one attached hydrogen (secondary N) is 1. The lowest BCUT2D eigenvalue weighted by atomic mass is 10.1. The molecule has 2 saturated heterocycles. The van der Waals surface area contributed by atoms with E-state index in [1.54, 1.807) is 0 Å². The summed E-state index contributed by atoms with van der Waals surface area (Å²) >= 11 is 5.69. The average molecular weight is 391 g/mol. The molecule has 0 radical (unpaired) electrons. The first-order valence-electron chi connectivity index (χ1n) is 9.17. The Labute approximate surface area is 158 Å². The van der Waals surface area contributed by atoms with Crippen molar-refractivity contribution in [1.82, 2.24) is 14.7 Å². The molecule has 2 aliphatic rings. The predicted octanol–water partition coefficient (Wildman–Crippen LogP) is 3.15. The van der Waals surface area contributed by atoms with E-state index < -0.39 is 7.36 Å². The highest BCUT2D eigenvalue weighted by atomic mass is 32.1. The summed E-state index contributed by atoms with van der Waals surface area (Å²) in [6.45, 7) is 19.9. The summed E-state index contributed by atoms with van der Waals surface area (Å²) in [4.78, 5) is 0. The van der Waals surface area contributed by atoms with Crippen molar-refractivity contribution < 1.29 is 9.47 Å². The van der Waals surface area contributed by atoms with Crippen LogP contribution in [0.3, 0.4) is 0 Å². The molecule has 0 aliphatic carbocycles. The molecule has 2 fully saturated rings. The van der Waals surface area contributed by atoms with E-state index in [4.69, 9.17) is 26.4 Å². The van der Waals surface area contributed by atoms with E-state index in [-0.39, 0.29) is 10.7 Å². The van der Waals surface area contributed by atoms with Crippen molar-refractivity contribution in [3.63, 3.8) is 0 Å². The zero-order valence-corrected chi connectivity index (χ0v) is 18.4. The van der Waals surface area contributed by atoms with Crippen molar-refractivity contribution in [3.05, 3.63) is 0 Å². The van der Waals surface area contributed by atoms with Gasteiger partial charge < -0.3 is 14.8 Å². The fourth-order valence-corrected chi connectivity index (χ4v) is 8.44. The molecule has 0 aromatic carbocycles. The van der Waals surface area contributed by atoms with Gasteiger partial charge in [-0.05, 0) is 33.0 Å². The molecule has 1 N–H and O–H groups in total. The van der Waals surface area contributed by atoms with Crippen LogP contribution in [0.2, 0.25) is 0 Å². The molecule has 0 amide bonds. The monoisotopic (exact) mass is 390 g/mol. The van der Waals surface area contributed by atoms with Crippen molar-refractivity contribution in [2.24, 2.45) is 4.74 Å². The van der Waals surface area contributed by atoms with Crippen LogP contribution >= 0.6 is 19.6 Å². The van der Waals surface area contributed by atoms with Crippen molar-refractivity contribution in [2.45, 2.75) is 52.2 Å². The summed E-state index contributed by atoms with van der Waals surface area (Å²) in [6, 6.07) is 0. The fraction of sp³-hybridized carbons (Fsp3) is 0.941. The lowest BCUT2D eigenvalue weighted by Crippen LogP contribution is -2.49. The Kier molecular flexibility index (Phi) is 7.08. The van der Waals surface area contributed by atoms with Gasteiger partial charge in [0.05, 0.1) is 26.4 Å². The van der Waals surface area contributed by atoms with E-state index in [1.807, 2.05) is 0 Å². The van der Waals surface area contributed by atoms with Crippen LogP contribution in [0.25, 0.3) is 0 Å². The maximum absolute atomic E-state index is 5.69. The Morgan fingerprint density at radius 2 is 1.28 bits per heavy atom. The molecule has 2 heterocycles. The normalized spacial score (nSPS) is 21.8. The average Bonchev–Trinajstić information content (AvgIpc) is 2.51. The van der Waals surface area contributed by atoms with Crippen LogP contribution < -0.4 is 5.32 Å². The standard InChI is InChI=1S/C17H35N4O2PS/c1-16(2,3)18-15(25)19-24(17(4,5)6,20-7-11-22-12-8-20)21-9-13-23-14-10-21/h7-14H2,1-6H3,(H,18,25). The largest absolute Gasteiger partial charge is 0.379 e. The highest BCUT2D eigenvalue weighted by molar-refractivity contribution is 7.81. The molecule has 6 nitrogen and oxygen atoms in total. The number of thiocarbonyl (C=S) groups is 1. The highest BCUT2D eigenvalue weighted by Gasteiger charge is 2.45. The number of hydrogen-bond donors (Lipinski definition) is 1. The molecular formula is C17H35N4O2PS. The number of nitrogens with zero attached hydrogens (tertiary/aromatic N) is 3. The number of morpholine rings is 2. The Hall–Kier alpha value is -0.0400. The van der Waals surface area contributed by atoms with Gasteiger partial charge >= 0.3 is 0 Å². The molecule has 0 bridgehead atoms. The molecule has 146 valence electrons. The summed E-state index contributed by atoms with van der Waals surface area (Å²) in [5.74, 6) is 0. The van der Waals surface area contributed by atoms with Gasteiger partial charge in [0.25, 0.3) is 0 Å². The van der Waals surface area contributed by atoms with Gasteiger partial charge in [0.1, 0.15) is 7.36 Å². The van der Waals surface area contributed by atoms with Crippen LogP contribution in [0, 0.1) is 0 Å². The van der Waals surface area contributed by atoms with Crippen LogP contribution in [-0.2, 0) is 9.47 Å². The first-order valence-corrected chi connectivity index (χ1v) is 11.2. The van der Waals surface area contributed by atoms with Crippen LogP contribution in [0.4, 0.5) is 0 Å². The van der Waals surface area contributed by atoms with Gasteiger partial charge in [-0.2, -0.15) is 0 Å². The maximum atomic E-state index is 5.69. The van der Waals surface area contributed by atoms with E-state index >= 15 is 0 Å². The summed E-state index contributed by atoms with van der Waals surface area (Å²) < 4.78 is 21.6. The van der Waals surface area contributed by atoms with Crippen LogP contribution in [-0.4, -0.2) is 77.8 Å². The minimum atomic E-state index is -2.05. The Bertz CT molecular complexity index is 494. The van der Waals surface area contributed by atoms with E-state index in [1.165, 1.54) is 0 Å². The van der Waals surface area contributed by atoms with E-state index in [2.05, 4.69) is 56.2 Å². The topological polar surface area (TPSA) is 49.3 Å². The quantitative estimate of drug-likeness (QED) is 0.577. The van der Waals surface area contributed by atoms with Crippen molar-refractivity contribution >= 4 is 24.7 Å². The van der Waals surface area contributed by atoms with Gasteiger partial charge in [-0.3, -0.25) is 9.34 Å². The van der Waals surface area contributed by atoms with Gasteiger partial charge in [0, 0.05) is 36.9 Å². The van der Waals surface area contributed by atoms with Gasteiger partial charge in [-0.15, -0.1) is 0 Å². The minimum Gasteiger partial charge on any atom is -0.379 e. The molecule has 2 rings (SSSR count). The Morgan fingerprint density at radius 1 is 0.880 bits per heavy atom. The summed E-state index contributed by atoms with van der Waals surface area (Å²) in [7, 11) is -2.05. The first kappa shape index (κ1) is 21.3. The fourth-order valence-electron chi connectivity index (χ4n) is 3.44. The van der Waals surface area contributed by atoms with Crippen LogP contribution in [0.15, 0.2) is 4.74 Å². The summed E-state index contributed by atoms with van der Waals surface area (Å²) in [5, 5.41) is 4.01. The number of rotatable bonds is 2. The Balaban J connectivity index is 2.51. The third-order valence-corrected chi connectivity index (χ3v) is 9.36. The zero-order chi connectivity index (χ0) is 18.7. The molecule has 0 spiro atoms. The minimum absolute atomic E-state index is 0.00863. The molecule has 8 heteroatoms. The highest BCUT2D eigenvalue weighted by Crippen LogP contribution is 2.66. The van der Waals surface area contributed by atoms with Crippen molar-refractivity contribution in [2.75, 3.05) is 52.6 Å². The smallest absolute Gasteiger partial charge is 0.194 e. The second kappa shape index (κ2) is 8.32. The van der Waals surface area contributed by atoms with Crippen LogP contribution in [0.1, 0.15) is 41.5 Å². The number of ether oxygens (including phenoxy) is 2. The second-order valence-corrected chi connectivity index (χ2v) is 12.8. The molecule has 0 aromatic heterocycles. The van der Waals surface area contributed by atoms with Gasteiger partial charge in [-0.1, -0.05) is 20.8 Å². The lowest BCUT2D eigenvalue weighted by Gasteiger charge is -2.52. The van der Waals surface area contributed by atoms with E-state index in [0.717, 1.165) is 52.6 Å². The molecule has 0 aromatic rings. The summed E-state index contributed by atoms with van der Waals surface area (Å²) in [6.07, 6.45) is 0. The molecule has 2 aliphatic heterocycles. The van der Waals surface area contributed by atoms with Crippen LogP contribution in [0.5, 0.6) is 0 Å². The SMILES string of the molecule is CC(C)(C)NC(=S)N=P(N1CCOCC1)(N1CCOCC1)C(C)(C)C. The third kappa shape index (κ3) is 5.24. The third-order valence-electron chi connectivity index (χ3n) is 4.38. The van der Waals surface area contributed by atoms with Crippen molar-refractivity contribution in [1.29, 1.82) is 0 Å². The second-order valence-electron chi connectivity index (χ2n) is 8.65. The van der Waals surface area contributed by atoms with Gasteiger partial charge in [0.15, 0.2) is 5.11 Å². The van der Waals surface area contributed by atoms with Gasteiger partial charge in [0.2, 0.25) is 0 Å². The van der Waals surface area contributed by atoms with Gasteiger partial charge in [-0.25, -0.2) is 4.74 Å². The molecular weight excluding hydrogens is 355 g/mol. The molecule has 0 unspecified atom stereocenters. The number of hydrogen-bond acceptors (Lipinski definition) is 3. The van der Waals surface area contributed by atoms with E-state index in [0.29, 0.717) is 5.11 Å². The van der Waals surface area contributed by atoms with Crippen molar-refractivity contribution in [3.8, 4) is 0 Å². The zero-order valence-electron chi connectivity index (χ0n) is 16.7. The lowest BCUT2D eigenvalue weighted by molar-refractivity contribution is 0.0550. The van der Waals surface area contributed by atoms with E-state index in [9.17, 15) is 0 Å². The predicted molar refractivity (Wildman–Crippen MR) is 109 cm³/mol. The summed E-state index contributed by atoms with van der Waals surface area (Å²) in [5.41, 5.74) is -0.0931.